The predicted molar refractivity (Wildman–Crippen MR) is 56.1 cm³/mol. The average molecular weight is 201 g/mol. The lowest BCUT2D eigenvalue weighted by atomic mass is 9.91. The molecule has 76 valence electrons. The lowest BCUT2D eigenvalue weighted by molar-refractivity contribution is 0.529. The number of oxazole rings is 1. The van der Waals surface area contributed by atoms with Crippen LogP contribution in [0.25, 0.3) is 0 Å². The van der Waals surface area contributed by atoms with Gasteiger partial charge in [0.25, 0.3) is 0 Å². The number of fused-ring (bicyclic) bond motifs is 1. The number of nitrogens with zero attached hydrogens (tertiary/aromatic N) is 3. The van der Waals surface area contributed by atoms with E-state index in [-0.39, 0.29) is 11.8 Å². The van der Waals surface area contributed by atoms with E-state index >= 15 is 0 Å². The van der Waals surface area contributed by atoms with E-state index in [1.165, 1.54) is 0 Å². The predicted octanol–water partition coefficient (Wildman–Crippen LogP) is 2.50. The van der Waals surface area contributed by atoms with Gasteiger partial charge in [-0.1, -0.05) is 13.0 Å². The van der Waals surface area contributed by atoms with Crippen LogP contribution >= 0.6 is 0 Å². The summed E-state index contributed by atoms with van der Waals surface area (Å²) in [5.41, 5.74) is 0.642. The van der Waals surface area contributed by atoms with Crippen LogP contribution in [0.5, 0.6) is 0 Å². The normalized spacial score (nSPS) is 28.3. The van der Waals surface area contributed by atoms with Gasteiger partial charge in [-0.15, -0.1) is 0 Å². The van der Waals surface area contributed by atoms with E-state index in [1.807, 2.05) is 19.1 Å². The number of hydrogen-bond donors (Lipinski definition) is 0. The van der Waals surface area contributed by atoms with Crippen molar-refractivity contribution in [2.24, 2.45) is 10.9 Å². The number of hydrogen-bond acceptors (Lipinski definition) is 4. The molecular weight excluding hydrogens is 190 g/mol. The van der Waals surface area contributed by atoms with Crippen molar-refractivity contribution in [1.82, 2.24) is 4.98 Å². The molecular formula is C11H11N3O. The Kier molecular flexibility index (Phi) is 2.38. The molecule has 0 fully saturated rings. The Balaban J connectivity index is 2.56. The summed E-state index contributed by atoms with van der Waals surface area (Å²) in [6.45, 7) is 3.74. The van der Waals surface area contributed by atoms with Crippen LogP contribution < -0.4 is 0 Å². The Morgan fingerprint density at radius 1 is 1.53 bits per heavy atom. The summed E-state index contributed by atoms with van der Waals surface area (Å²) in [5, 5.41) is 9.12. The van der Waals surface area contributed by atoms with Crippen LogP contribution in [0.2, 0.25) is 0 Å². The monoisotopic (exact) mass is 201 g/mol. The van der Waals surface area contributed by atoms with Gasteiger partial charge in [0, 0.05) is 13.1 Å². The molecule has 15 heavy (non-hydrogen) atoms. The Hall–Kier alpha value is -1.89. The zero-order valence-electron chi connectivity index (χ0n) is 8.64. The quantitative estimate of drug-likeness (QED) is 0.647. The summed E-state index contributed by atoms with van der Waals surface area (Å²) in [6.07, 6.45) is 5.44. The molecule has 1 aromatic rings. The zero-order valence-corrected chi connectivity index (χ0v) is 8.64. The Morgan fingerprint density at radius 2 is 2.33 bits per heavy atom. The fraction of sp³-hybridized carbons (Fsp3) is 0.364. The van der Waals surface area contributed by atoms with Crippen molar-refractivity contribution in [2.75, 3.05) is 0 Å². The molecule has 0 amide bonds. The van der Waals surface area contributed by atoms with Crippen LogP contribution in [0.15, 0.2) is 21.6 Å². The summed E-state index contributed by atoms with van der Waals surface area (Å²) in [7, 11) is 0. The molecule has 0 radical (unpaired) electrons. The number of aromatic nitrogens is 1. The van der Waals surface area contributed by atoms with Gasteiger partial charge in [0.1, 0.15) is 11.6 Å². The SMILES string of the molecule is Cc1nc2c(o1)/N=C\C=C/[C@@H](C)[C@H]2C#N. The first-order valence-electron chi connectivity index (χ1n) is 4.80. The molecule has 0 spiro atoms. The molecule has 0 aromatic carbocycles. The van der Waals surface area contributed by atoms with Crippen molar-refractivity contribution in [3.05, 3.63) is 23.7 Å². The maximum Gasteiger partial charge on any atom is 0.244 e. The first kappa shape index (κ1) is 9.66. The van der Waals surface area contributed by atoms with Gasteiger partial charge in [0.05, 0.1) is 6.07 Å². The fourth-order valence-electron chi connectivity index (χ4n) is 1.60. The highest BCUT2D eigenvalue weighted by Gasteiger charge is 2.25. The fourth-order valence-corrected chi connectivity index (χ4v) is 1.60. The second-order valence-electron chi connectivity index (χ2n) is 3.55. The average Bonchev–Trinajstić information content (AvgIpc) is 2.53. The number of nitriles is 1. The van der Waals surface area contributed by atoms with Crippen LogP contribution in [-0.2, 0) is 0 Å². The van der Waals surface area contributed by atoms with Gasteiger partial charge in [-0.3, -0.25) is 0 Å². The second-order valence-corrected chi connectivity index (χ2v) is 3.55. The minimum atomic E-state index is -0.286. The summed E-state index contributed by atoms with van der Waals surface area (Å²) in [6, 6.07) is 2.24. The van der Waals surface area contributed by atoms with Crippen LogP contribution in [0.3, 0.4) is 0 Å². The van der Waals surface area contributed by atoms with E-state index in [0.717, 1.165) is 0 Å². The molecule has 2 heterocycles. The molecule has 2 atom stereocenters. The van der Waals surface area contributed by atoms with Crippen LogP contribution in [0, 0.1) is 24.2 Å². The third-order valence-electron chi connectivity index (χ3n) is 2.39. The number of aliphatic imine (C=N–C) groups is 1. The van der Waals surface area contributed by atoms with Gasteiger partial charge in [-0.2, -0.15) is 5.26 Å². The Labute approximate surface area is 88.0 Å². The standard InChI is InChI=1S/C11H11N3O/c1-7-4-3-5-13-11-10(9(7)6-12)14-8(2)15-11/h3-5,7,9H,1-2H3/b4-3-,13-5-/t7-,9-/m1/s1. The lowest BCUT2D eigenvalue weighted by Crippen LogP contribution is -2.07. The topological polar surface area (TPSA) is 62.2 Å². The van der Waals surface area contributed by atoms with Crippen molar-refractivity contribution in [2.45, 2.75) is 19.8 Å². The molecule has 1 aliphatic heterocycles. The molecule has 0 saturated carbocycles. The van der Waals surface area contributed by atoms with Crippen molar-refractivity contribution in [1.29, 1.82) is 5.26 Å². The number of rotatable bonds is 0. The van der Waals surface area contributed by atoms with E-state index in [2.05, 4.69) is 16.0 Å². The largest absolute Gasteiger partial charge is 0.423 e. The van der Waals surface area contributed by atoms with E-state index in [1.54, 1.807) is 13.1 Å². The molecule has 0 saturated heterocycles. The highest BCUT2D eigenvalue weighted by atomic mass is 16.4. The zero-order chi connectivity index (χ0) is 10.8. The molecule has 1 aliphatic rings. The molecule has 2 rings (SSSR count). The van der Waals surface area contributed by atoms with Crippen molar-refractivity contribution in [3.63, 3.8) is 0 Å². The summed E-state index contributed by atoms with van der Waals surface area (Å²) in [5.74, 6) is 0.831. The lowest BCUT2D eigenvalue weighted by Gasteiger charge is -2.12. The maximum atomic E-state index is 9.12. The summed E-state index contributed by atoms with van der Waals surface area (Å²) >= 11 is 0. The number of aryl methyl sites for hydroxylation is 1. The molecule has 1 aromatic heterocycles. The molecule has 0 unspecified atom stereocenters. The third kappa shape index (κ3) is 1.68. The third-order valence-corrected chi connectivity index (χ3v) is 2.39. The second kappa shape index (κ2) is 3.70. The van der Waals surface area contributed by atoms with Crippen LogP contribution in [-0.4, -0.2) is 11.2 Å². The molecule has 4 heteroatoms. The van der Waals surface area contributed by atoms with Gasteiger partial charge in [0.2, 0.25) is 5.88 Å². The first-order chi connectivity index (χ1) is 7.22. The van der Waals surface area contributed by atoms with E-state index in [4.69, 9.17) is 9.68 Å². The molecule has 0 N–H and O–H groups in total. The van der Waals surface area contributed by atoms with E-state index in [9.17, 15) is 0 Å². The van der Waals surface area contributed by atoms with Crippen LogP contribution in [0.1, 0.15) is 24.4 Å². The van der Waals surface area contributed by atoms with E-state index < -0.39 is 0 Å². The van der Waals surface area contributed by atoms with Crippen LogP contribution in [0.4, 0.5) is 5.88 Å². The highest BCUT2D eigenvalue weighted by molar-refractivity contribution is 5.74. The van der Waals surface area contributed by atoms with Gasteiger partial charge in [-0.25, -0.2) is 9.98 Å². The van der Waals surface area contributed by atoms with Gasteiger partial charge >= 0.3 is 0 Å². The minimum Gasteiger partial charge on any atom is -0.423 e. The number of allylic oxidation sites excluding steroid dienone is 2. The maximum absolute atomic E-state index is 9.12. The minimum absolute atomic E-state index is 0.116. The van der Waals surface area contributed by atoms with Gasteiger partial charge in [0.15, 0.2) is 5.89 Å². The Morgan fingerprint density at radius 3 is 3.07 bits per heavy atom. The smallest absolute Gasteiger partial charge is 0.244 e. The van der Waals surface area contributed by atoms with E-state index in [0.29, 0.717) is 17.5 Å². The Bertz CT molecular complexity index is 465. The van der Waals surface area contributed by atoms with Crippen molar-refractivity contribution in [3.8, 4) is 6.07 Å². The first-order valence-corrected chi connectivity index (χ1v) is 4.80. The highest BCUT2D eigenvalue weighted by Crippen LogP contribution is 2.33. The molecule has 4 nitrogen and oxygen atoms in total. The molecule has 0 bridgehead atoms. The molecule has 0 aliphatic carbocycles. The van der Waals surface area contributed by atoms with Gasteiger partial charge in [-0.05, 0) is 12.0 Å². The van der Waals surface area contributed by atoms with Gasteiger partial charge < -0.3 is 4.42 Å². The van der Waals surface area contributed by atoms with Crippen molar-refractivity contribution < 1.29 is 4.42 Å². The van der Waals surface area contributed by atoms with Crippen molar-refractivity contribution >= 4 is 12.1 Å². The summed E-state index contributed by atoms with van der Waals surface area (Å²) in [4.78, 5) is 8.33. The summed E-state index contributed by atoms with van der Waals surface area (Å²) < 4.78 is 5.33.